The summed E-state index contributed by atoms with van der Waals surface area (Å²) < 4.78 is 5.39. The number of carboxylic acid groups (broad SMARTS) is 1. The van der Waals surface area contributed by atoms with Crippen molar-refractivity contribution in [2.24, 2.45) is 5.92 Å². The van der Waals surface area contributed by atoms with Crippen molar-refractivity contribution in [2.45, 2.75) is 38.6 Å². The Morgan fingerprint density at radius 1 is 1.52 bits per heavy atom. The zero-order chi connectivity index (χ0) is 16.4. The third kappa shape index (κ3) is 3.58. The lowest BCUT2D eigenvalue weighted by atomic mass is 9.91. The largest absolute Gasteiger partial charge is 0.481 e. The number of nitrogens with zero attached hydrogens (tertiary/aromatic N) is 4. The van der Waals surface area contributed by atoms with Gasteiger partial charge in [-0.3, -0.25) is 9.69 Å². The zero-order valence-electron chi connectivity index (χ0n) is 13.3. The van der Waals surface area contributed by atoms with E-state index < -0.39 is 5.97 Å². The number of hydrogen-bond donors (Lipinski definition) is 2. The van der Waals surface area contributed by atoms with Gasteiger partial charge in [0, 0.05) is 25.1 Å². The molecular weight excluding hydrogens is 298 g/mol. The molecule has 2 N–H and O–H groups in total. The highest BCUT2D eigenvalue weighted by atomic mass is 16.5. The average molecular weight is 319 g/mol. The van der Waals surface area contributed by atoms with Crippen LogP contribution in [0.2, 0.25) is 0 Å². The molecule has 1 aliphatic rings. The predicted octanol–water partition coefficient (Wildman–Crippen LogP) is 1.61. The summed E-state index contributed by atoms with van der Waals surface area (Å²) in [7, 11) is 0. The van der Waals surface area contributed by atoms with Gasteiger partial charge >= 0.3 is 5.97 Å². The lowest BCUT2D eigenvalue weighted by Gasteiger charge is -2.12. The number of H-pyrrole nitrogens is 1. The maximum absolute atomic E-state index is 11.1. The molecule has 0 bridgehead atoms. The summed E-state index contributed by atoms with van der Waals surface area (Å²) in [5.74, 6) is 0.437. The Labute approximate surface area is 133 Å². The van der Waals surface area contributed by atoms with Crippen LogP contribution in [0, 0.1) is 5.92 Å². The van der Waals surface area contributed by atoms with Crippen LogP contribution in [-0.4, -0.2) is 49.6 Å². The van der Waals surface area contributed by atoms with E-state index in [9.17, 15) is 4.79 Å². The Morgan fingerprint density at radius 2 is 2.35 bits per heavy atom. The fourth-order valence-electron chi connectivity index (χ4n) is 3.14. The van der Waals surface area contributed by atoms with E-state index in [4.69, 9.17) is 9.63 Å². The van der Waals surface area contributed by atoms with Gasteiger partial charge in [-0.1, -0.05) is 19.0 Å². The van der Waals surface area contributed by atoms with E-state index in [-0.39, 0.29) is 18.3 Å². The van der Waals surface area contributed by atoms with Crippen molar-refractivity contribution >= 4 is 5.97 Å². The Morgan fingerprint density at radius 3 is 2.96 bits per heavy atom. The van der Waals surface area contributed by atoms with Crippen molar-refractivity contribution < 1.29 is 14.4 Å². The van der Waals surface area contributed by atoms with Gasteiger partial charge in [0.25, 0.3) is 0 Å². The Balaban J connectivity index is 1.70. The molecule has 0 saturated carbocycles. The van der Waals surface area contributed by atoms with E-state index in [1.165, 1.54) is 0 Å². The fourth-order valence-corrected chi connectivity index (χ4v) is 3.14. The summed E-state index contributed by atoms with van der Waals surface area (Å²) in [5, 5.41) is 23.8. The fraction of sp³-hybridized carbons (Fsp3) is 0.600. The number of aromatic nitrogens is 4. The van der Waals surface area contributed by atoms with E-state index in [0.717, 1.165) is 23.7 Å². The van der Waals surface area contributed by atoms with Gasteiger partial charge in [0.1, 0.15) is 0 Å². The van der Waals surface area contributed by atoms with Crippen molar-refractivity contribution in [2.75, 3.05) is 13.1 Å². The van der Waals surface area contributed by atoms with Gasteiger partial charge in [-0.25, -0.2) is 0 Å². The number of rotatable bonds is 6. The highest BCUT2D eigenvalue weighted by Crippen LogP contribution is 2.34. The van der Waals surface area contributed by atoms with E-state index in [1.807, 2.05) is 6.07 Å². The molecule has 8 nitrogen and oxygen atoms in total. The molecule has 1 aliphatic heterocycles. The maximum atomic E-state index is 11.1. The van der Waals surface area contributed by atoms with Crippen LogP contribution in [0.4, 0.5) is 0 Å². The van der Waals surface area contributed by atoms with Crippen LogP contribution in [0.3, 0.4) is 0 Å². The number of carbonyl (C=O) groups is 1. The molecule has 0 aromatic carbocycles. The molecule has 2 aromatic rings. The number of likely N-dealkylation sites (tertiary alicyclic amines) is 1. The molecule has 2 aromatic heterocycles. The molecule has 3 rings (SSSR count). The molecule has 3 heterocycles. The molecule has 0 spiro atoms. The summed E-state index contributed by atoms with van der Waals surface area (Å²) in [6.07, 6.45) is 1.80. The number of aromatic amines is 1. The third-order valence-corrected chi connectivity index (χ3v) is 4.32. The van der Waals surface area contributed by atoms with Crippen molar-refractivity contribution in [1.29, 1.82) is 0 Å². The standard InChI is InChI=1S/C15H21N5O3/c1-9(2)13-4-11(23-18-13)7-20-6-10(3-15(21)22)12(8-20)14-5-16-19-17-14/h4-5,9-10,12H,3,6-8H2,1-2H3,(H,21,22)(H,16,17,19)/t10-,12+/m0/s1. The Hall–Kier alpha value is -2.22. The highest BCUT2D eigenvalue weighted by molar-refractivity contribution is 5.67. The van der Waals surface area contributed by atoms with Crippen LogP contribution in [0.15, 0.2) is 16.8 Å². The maximum Gasteiger partial charge on any atom is 0.303 e. The van der Waals surface area contributed by atoms with Gasteiger partial charge in [0.2, 0.25) is 0 Å². The Kier molecular flexibility index (Phi) is 4.42. The monoisotopic (exact) mass is 319 g/mol. The SMILES string of the molecule is CC(C)c1cc(CN2C[C@H](CC(=O)O)[C@H](c3cn[nH]n3)C2)on1. The van der Waals surface area contributed by atoms with Gasteiger partial charge in [-0.05, 0) is 11.8 Å². The first-order valence-corrected chi connectivity index (χ1v) is 7.78. The quantitative estimate of drug-likeness (QED) is 0.832. The molecule has 0 radical (unpaired) electrons. The van der Waals surface area contributed by atoms with Crippen molar-refractivity contribution in [3.63, 3.8) is 0 Å². The van der Waals surface area contributed by atoms with Crippen molar-refractivity contribution in [1.82, 2.24) is 25.5 Å². The number of nitrogens with one attached hydrogen (secondary N) is 1. The van der Waals surface area contributed by atoms with Gasteiger partial charge in [-0.15, -0.1) is 0 Å². The van der Waals surface area contributed by atoms with Gasteiger partial charge < -0.3 is 9.63 Å². The van der Waals surface area contributed by atoms with Crippen molar-refractivity contribution in [3.8, 4) is 0 Å². The highest BCUT2D eigenvalue weighted by Gasteiger charge is 2.36. The van der Waals surface area contributed by atoms with E-state index in [2.05, 4.69) is 39.3 Å². The van der Waals surface area contributed by atoms with E-state index >= 15 is 0 Å². The molecule has 0 aliphatic carbocycles. The lowest BCUT2D eigenvalue weighted by Crippen LogP contribution is -2.20. The van der Waals surface area contributed by atoms with Crippen LogP contribution >= 0.6 is 0 Å². The van der Waals surface area contributed by atoms with Crippen LogP contribution in [0.5, 0.6) is 0 Å². The van der Waals surface area contributed by atoms with Crippen LogP contribution in [0.25, 0.3) is 0 Å². The summed E-state index contributed by atoms with van der Waals surface area (Å²) >= 11 is 0. The first-order valence-electron chi connectivity index (χ1n) is 7.78. The molecule has 0 unspecified atom stereocenters. The number of hydrogen-bond acceptors (Lipinski definition) is 6. The second-order valence-electron chi connectivity index (χ2n) is 6.43. The van der Waals surface area contributed by atoms with Crippen molar-refractivity contribution in [3.05, 3.63) is 29.4 Å². The van der Waals surface area contributed by atoms with Crippen LogP contribution < -0.4 is 0 Å². The molecule has 1 saturated heterocycles. The molecule has 8 heteroatoms. The zero-order valence-corrected chi connectivity index (χ0v) is 13.3. The number of aliphatic carboxylic acids is 1. The minimum atomic E-state index is -0.785. The third-order valence-electron chi connectivity index (χ3n) is 4.32. The second-order valence-corrected chi connectivity index (χ2v) is 6.43. The summed E-state index contributed by atoms with van der Waals surface area (Å²) in [6, 6.07) is 1.97. The molecular formula is C15H21N5O3. The Bertz CT molecular complexity index is 652. The lowest BCUT2D eigenvalue weighted by molar-refractivity contribution is -0.138. The smallest absolute Gasteiger partial charge is 0.303 e. The van der Waals surface area contributed by atoms with Crippen LogP contribution in [0.1, 0.15) is 49.3 Å². The normalized spacial score (nSPS) is 22.0. The molecule has 23 heavy (non-hydrogen) atoms. The minimum absolute atomic E-state index is 0.0186. The molecule has 1 fully saturated rings. The predicted molar refractivity (Wildman–Crippen MR) is 80.7 cm³/mol. The van der Waals surface area contributed by atoms with E-state index in [0.29, 0.717) is 19.0 Å². The van der Waals surface area contributed by atoms with Crippen LogP contribution in [-0.2, 0) is 11.3 Å². The van der Waals surface area contributed by atoms with Gasteiger partial charge in [0.05, 0.1) is 30.6 Å². The molecule has 0 amide bonds. The first-order chi connectivity index (χ1) is 11.0. The first kappa shape index (κ1) is 15.7. The second kappa shape index (κ2) is 6.49. The van der Waals surface area contributed by atoms with E-state index in [1.54, 1.807) is 6.20 Å². The topological polar surface area (TPSA) is 108 Å². The summed E-state index contributed by atoms with van der Waals surface area (Å²) in [5.41, 5.74) is 1.76. The minimum Gasteiger partial charge on any atom is -0.481 e. The average Bonchev–Trinajstić information content (AvgIpc) is 3.18. The summed E-state index contributed by atoms with van der Waals surface area (Å²) in [4.78, 5) is 13.3. The molecule has 124 valence electrons. The molecule has 2 atom stereocenters. The van der Waals surface area contributed by atoms with Gasteiger partial charge in [-0.2, -0.15) is 15.4 Å². The number of carboxylic acids is 1. The van der Waals surface area contributed by atoms with Gasteiger partial charge in [0.15, 0.2) is 5.76 Å². The summed E-state index contributed by atoms with van der Waals surface area (Å²) in [6.45, 7) is 6.20.